The molecule has 2 aliphatic rings. The van der Waals surface area contributed by atoms with E-state index in [0.717, 1.165) is 48.7 Å². The molecule has 1 atom stereocenters. The highest BCUT2D eigenvalue weighted by molar-refractivity contribution is 6.34. The number of halogens is 1. The number of benzene rings is 2. The number of carbonyl (C=O) groups excluding carboxylic acids is 1. The molecule has 0 aromatic heterocycles. The van der Waals surface area contributed by atoms with E-state index in [1.807, 2.05) is 12.1 Å². The van der Waals surface area contributed by atoms with Gasteiger partial charge in [0.25, 0.3) is 0 Å². The van der Waals surface area contributed by atoms with E-state index < -0.39 is 0 Å². The summed E-state index contributed by atoms with van der Waals surface area (Å²) < 4.78 is 0. The van der Waals surface area contributed by atoms with Crippen LogP contribution in [0.3, 0.4) is 0 Å². The molecule has 28 heavy (non-hydrogen) atoms. The molecule has 2 N–H and O–H groups in total. The predicted molar refractivity (Wildman–Crippen MR) is 117 cm³/mol. The van der Waals surface area contributed by atoms with E-state index in [4.69, 9.17) is 11.6 Å². The summed E-state index contributed by atoms with van der Waals surface area (Å²) in [5, 5.41) is 7.45. The van der Waals surface area contributed by atoms with Gasteiger partial charge in [0, 0.05) is 30.7 Å². The molecule has 6 heteroatoms. The zero-order chi connectivity index (χ0) is 19.9. The highest BCUT2D eigenvalue weighted by Crippen LogP contribution is 2.48. The summed E-state index contributed by atoms with van der Waals surface area (Å²) in [6.45, 7) is 6.33. The van der Waals surface area contributed by atoms with Crippen molar-refractivity contribution in [2.45, 2.75) is 31.7 Å². The van der Waals surface area contributed by atoms with Gasteiger partial charge in [-0.3, -0.25) is 14.7 Å². The third kappa shape index (κ3) is 2.99. The van der Waals surface area contributed by atoms with Crippen molar-refractivity contribution in [1.82, 2.24) is 5.32 Å². The van der Waals surface area contributed by atoms with Gasteiger partial charge in [0.2, 0.25) is 0 Å². The van der Waals surface area contributed by atoms with Gasteiger partial charge in [-0.25, -0.2) is 0 Å². The maximum Gasteiger partial charge on any atom is 0.153 e. The second-order valence-electron chi connectivity index (χ2n) is 7.86. The van der Waals surface area contributed by atoms with Gasteiger partial charge in [-0.15, -0.1) is 0 Å². The Labute approximate surface area is 170 Å². The number of nitrogens with one attached hydrogen (secondary N) is 2. The van der Waals surface area contributed by atoms with Crippen molar-refractivity contribution in [3.63, 3.8) is 0 Å². The Morgan fingerprint density at radius 2 is 2.11 bits per heavy atom. The van der Waals surface area contributed by atoms with Crippen molar-refractivity contribution >= 4 is 40.8 Å². The number of amidine groups is 1. The molecular formula is C22H25ClN4O. The van der Waals surface area contributed by atoms with Crippen molar-refractivity contribution < 1.29 is 4.79 Å². The average molecular weight is 397 g/mol. The molecule has 0 saturated carbocycles. The number of aldehydes is 1. The number of aliphatic imine (C=N–C) groups is 1. The molecule has 2 aromatic rings. The van der Waals surface area contributed by atoms with Crippen LogP contribution >= 0.6 is 11.6 Å². The summed E-state index contributed by atoms with van der Waals surface area (Å²) >= 11 is 6.32. The van der Waals surface area contributed by atoms with E-state index in [2.05, 4.69) is 52.6 Å². The standard InChI is InChI=1S/C22H25ClN4O/c1-22(2)17-8-7-14(26-15-9-10-25-12-15)11-20(17)27(21(22)24-3)19-6-4-5-18(23)16(19)13-28/h4-8,11,13,15,25-26H,9-10,12H2,1-3H3. The second-order valence-corrected chi connectivity index (χ2v) is 8.27. The van der Waals surface area contributed by atoms with Gasteiger partial charge in [-0.05, 0) is 56.6 Å². The fourth-order valence-electron chi connectivity index (χ4n) is 4.32. The monoisotopic (exact) mass is 396 g/mol. The van der Waals surface area contributed by atoms with E-state index in [1.54, 1.807) is 13.1 Å². The summed E-state index contributed by atoms with van der Waals surface area (Å²) in [5.74, 6) is 0.896. The van der Waals surface area contributed by atoms with Crippen molar-refractivity contribution in [3.8, 4) is 0 Å². The van der Waals surface area contributed by atoms with Gasteiger partial charge in [-0.1, -0.05) is 23.7 Å². The van der Waals surface area contributed by atoms with Gasteiger partial charge >= 0.3 is 0 Å². The molecule has 0 aliphatic carbocycles. The summed E-state index contributed by atoms with van der Waals surface area (Å²) in [6.07, 6.45) is 1.93. The Morgan fingerprint density at radius 1 is 1.29 bits per heavy atom. The maximum absolute atomic E-state index is 11.8. The Balaban J connectivity index is 1.85. The van der Waals surface area contributed by atoms with Crippen LogP contribution < -0.4 is 15.5 Å². The van der Waals surface area contributed by atoms with E-state index in [0.29, 0.717) is 16.6 Å². The van der Waals surface area contributed by atoms with Gasteiger partial charge in [0.1, 0.15) is 5.84 Å². The first-order chi connectivity index (χ1) is 13.5. The van der Waals surface area contributed by atoms with Crippen LogP contribution in [0.1, 0.15) is 36.2 Å². The Bertz CT molecular complexity index is 948. The number of nitrogens with zero attached hydrogens (tertiary/aromatic N) is 2. The van der Waals surface area contributed by atoms with Crippen LogP contribution in [0.15, 0.2) is 41.4 Å². The van der Waals surface area contributed by atoms with E-state index in [-0.39, 0.29) is 5.41 Å². The van der Waals surface area contributed by atoms with Gasteiger partial charge in [0.05, 0.1) is 22.0 Å². The Morgan fingerprint density at radius 3 is 2.79 bits per heavy atom. The predicted octanol–water partition coefficient (Wildman–Crippen LogP) is 4.38. The first-order valence-electron chi connectivity index (χ1n) is 9.60. The van der Waals surface area contributed by atoms with Crippen LogP contribution in [0, 0.1) is 0 Å². The van der Waals surface area contributed by atoms with Crippen molar-refractivity contribution in [3.05, 3.63) is 52.5 Å². The molecular weight excluding hydrogens is 372 g/mol. The SMILES string of the molecule is CN=C1N(c2cccc(Cl)c2C=O)c2cc(NC3CCNC3)ccc2C1(C)C. The first-order valence-corrected chi connectivity index (χ1v) is 9.98. The van der Waals surface area contributed by atoms with E-state index in [1.165, 1.54) is 5.56 Å². The number of fused-ring (bicyclic) bond motifs is 1. The van der Waals surface area contributed by atoms with Gasteiger partial charge in [-0.2, -0.15) is 0 Å². The summed E-state index contributed by atoms with van der Waals surface area (Å²) in [6, 6.07) is 12.4. The van der Waals surface area contributed by atoms with Crippen molar-refractivity contribution in [2.75, 3.05) is 30.4 Å². The average Bonchev–Trinajstić information content (AvgIpc) is 3.25. The summed E-state index contributed by atoms with van der Waals surface area (Å²) in [5.41, 5.74) is 4.24. The highest BCUT2D eigenvalue weighted by Gasteiger charge is 2.43. The molecule has 2 heterocycles. The quantitative estimate of drug-likeness (QED) is 0.753. The molecule has 4 rings (SSSR count). The van der Waals surface area contributed by atoms with Gasteiger partial charge in [0.15, 0.2) is 6.29 Å². The molecule has 1 saturated heterocycles. The number of carbonyl (C=O) groups is 1. The number of rotatable bonds is 4. The fourth-order valence-corrected chi connectivity index (χ4v) is 4.54. The lowest BCUT2D eigenvalue weighted by atomic mass is 9.85. The lowest BCUT2D eigenvalue weighted by molar-refractivity contribution is 0.112. The molecule has 146 valence electrons. The molecule has 0 radical (unpaired) electrons. The molecule has 1 fully saturated rings. The summed E-state index contributed by atoms with van der Waals surface area (Å²) in [4.78, 5) is 18.5. The minimum atomic E-state index is -0.278. The van der Waals surface area contributed by atoms with E-state index in [9.17, 15) is 4.79 Å². The smallest absolute Gasteiger partial charge is 0.153 e. The maximum atomic E-state index is 11.8. The third-order valence-electron chi connectivity index (χ3n) is 5.71. The lowest BCUT2D eigenvalue weighted by Crippen LogP contribution is -2.34. The fraction of sp³-hybridized carbons (Fsp3) is 0.364. The minimum absolute atomic E-state index is 0.278. The molecule has 1 unspecified atom stereocenters. The normalized spacial score (nSPS) is 21.8. The molecule has 2 aliphatic heterocycles. The lowest BCUT2D eigenvalue weighted by Gasteiger charge is -2.26. The molecule has 5 nitrogen and oxygen atoms in total. The Hall–Kier alpha value is -2.37. The first kappa shape index (κ1) is 19.0. The van der Waals surface area contributed by atoms with Crippen molar-refractivity contribution in [2.24, 2.45) is 4.99 Å². The van der Waals surface area contributed by atoms with Crippen LogP contribution in [0.4, 0.5) is 17.1 Å². The number of anilines is 3. The summed E-state index contributed by atoms with van der Waals surface area (Å²) in [7, 11) is 1.80. The van der Waals surface area contributed by atoms with Crippen LogP contribution in [0.25, 0.3) is 0 Å². The molecule has 2 aromatic carbocycles. The third-order valence-corrected chi connectivity index (χ3v) is 6.04. The Kier molecular flexibility index (Phi) is 4.89. The molecule has 0 bridgehead atoms. The highest BCUT2D eigenvalue weighted by atomic mass is 35.5. The zero-order valence-corrected chi connectivity index (χ0v) is 17.2. The number of hydrogen-bond acceptors (Lipinski definition) is 4. The van der Waals surface area contributed by atoms with Crippen LogP contribution in [0.5, 0.6) is 0 Å². The van der Waals surface area contributed by atoms with Gasteiger partial charge < -0.3 is 10.6 Å². The zero-order valence-electron chi connectivity index (χ0n) is 16.4. The largest absolute Gasteiger partial charge is 0.381 e. The van der Waals surface area contributed by atoms with Crippen LogP contribution in [-0.2, 0) is 5.41 Å². The second kappa shape index (κ2) is 7.22. The van der Waals surface area contributed by atoms with Crippen LogP contribution in [0.2, 0.25) is 5.02 Å². The van der Waals surface area contributed by atoms with E-state index >= 15 is 0 Å². The number of hydrogen-bond donors (Lipinski definition) is 2. The molecule has 0 amide bonds. The van der Waals surface area contributed by atoms with Crippen LogP contribution in [-0.4, -0.2) is 38.3 Å². The topological polar surface area (TPSA) is 56.7 Å². The minimum Gasteiger partial charge on any atom is -0.381 e. The molecule has 0 spiro atoms. The van der Waals surface area contributed by atoms with Crippen molar-refractivity contribution in [1.29, 1.82) is 0 Å².